The zero-order valence-electron chi connectivity index (χ0n) is 16.3. The lowest BCUT2D eigenvalue weighted by atomic mass is 10.2. The van der Waals surface area contributed by atoms with E-state index in [0.717, 1.165) is 17.3 Å². The number of thioether (sulfide) groups is 1. The number of carbonyl (C=O) groups excluding carboxylic acids is 1. The quantitative estimate of drug-likeness (QED) is 0.589. The zero-order chi connectivity index (χ0) is 21.7. The maximum atomic E-state index is 13.0. The summed E-state index contributed by atoms with van der Waals surface area (Å²) in [5, 5.41) is 0.192. The van der Waals surface area contributed by atoms with Crippen LogP contribution in [0.4, 0.5) is 18.9 Å². The SMILES string of the molecule is COc1ccc(/C=C2\N=C(SCCC(F)(F)F)N(c3cccc(OC)c3)C2=O)cc1. The molecule has 0 unspecified atom stereocenters. The highest BCUT2D eigenvalue weighted by Gasteiger charge is 2.33. The van der Waals surface area contributed by atoms with Gasteiger partial charge in [-0.2, -0.15) is 13.2 Å². The number of benzene rings is 2. The van der Waals surface area contributed by atoms with Crippen molar-refractivity contribution in [3.05, 3.63) is 59.8 Å². The molecule has 1 aliphatic rings. The molecule has 1 aliphatic heterocycles. The van der Waals surface area contributed by atoms with Gasteiger partial charge in [0.2, 0.25) is 0 Å². The van der Waals surface area contributed by atoms with Crippen LogP contribution in [0.15, 0.2) is 59.2 Å². The molecule has 30 heavy (non-hydrogen) atoms. The molecule has 0 aliphatic carbocycles. The van der Waals surface area contributed by atoms with Crippen molar-refractivity contribution < 1.29 is 27.4 Å². The van der Waals surface area contributed by atoms with Crippen molar-refractivity contribution in [1.82, 2.24) is 0 Å². The molecule has 1 amide bonds. The van der Waals surface area contributed by atoms with Crippen molar-refractivity contribution in [1.29, 1.82) is 0 Å². The number of hydrogen-bond donors (Lipinski definition) is 0. The number of alkyl halides is 3. The molecule has 5 nitrogen and oxygen atoms in total. The minimum Gasteiger partial charge on any atom is -0.497 e. The van der Waals surface area contributed by atoms with Crippen molar-refractivity contribution in [3.8, 4) is 11.5 Å². The average Bonchev–Trinajstić information content (AvgIpc) is 3.02. The van der Waals surface area contributed by atoms with Gasteiger partial charge in [-0.25, -0.2) is 4.99 Å². The Morgan fingerprint density at radius 2 is 1.77 bits per heavy atom. The molecular formula is C21H19F3N2O3S. The lowest BCUT2D eigenvalue weighted by Crippen LogP contribution is -2.30. The lowest BCUT2D eigenvalue weighted by molar-refractivity contribution is -0.129. The Morgan fingerprint density at radius 1 is 1.07 bits per heavy atom. The standard InChI is InChI=1S/C21H19F3N2O3S/c1-28-16-8-6-14(7-9-16)12-18-19(27)26(15-4-3-5-17(13-15)29-2)20(25-18)30-11-10-21(22,23)24/h3-9,12-13H,10-11H2,1-2H3/b18-12-. The van der Waals surface area contributed by atoms with Crippen LogP contribution in [-0.2, 0) is 4.79 Å². The van der Waals surface area contributed by atoms with Gasteiger partial charge >= 0.3 is 6.18 Å². The van der Waals surface area contributed by atoms with Gasteiger partial charge in [-0.3, -0.25) is 9.69 Å². The van der Waals surface area contributed by atoms with Gasteiger partial charge in [0.15, 0.2) is 5.17 Å². The van der Waals surface area contributed by atoms with Crippen LogP contribution < -0.4 is 14.4 Å². The number of rotatable bonds is 6. The first-order chi connectivity index (χ1) is 14.3. The maximum absolute atomic E-state index is 13.0. The van der Waals surface area contributed by atoms with Gasteiger partial charge in [0.25, 0.3) is 5.91 Å². The topological polar surface area (TPSA) is 51.1 Å². The average molecular weight is 436 g/mol. The minimum atomic E-state index is -4.28. The Hall–Kier alpha value is -2.94. The van der Waals surface area contributed by atoms with Gasteiger partial charge in [0.1, 0.15) is 17.2 Å². The first-order valence-electron chi connectivity index (χ1n) is 8.93. The number of amides is 1. The molecule has 1 heterocycles. The number of methoxy groups -OCH3 is 2. The second-order valence-electron chi connectivity index (χ2n) is 6.25. The molecule has 0 spiro atoms. The van der Waals surface area contributed by atoms with E-state index in [9.17, 15) is 18.0 Å². The fourth-order valence-corrected chi connectivity index (χ4v) is 3.68. The molecule has 0 saturated heterocycles. The molecule has 2 aromatic carbocycles. The summed E-state index contributed by atoms with van der Waals surface area (Å²) in [6, 6.07) is 13.7. The Labute approximate surface area is 176 Å². The number of ether oxygens (including phenoxy) is 2. The molecule has 0 saturated carbocycles. The Morgan fingerprint density at radius 3 is 2.40 bits per heavy atom. The summed E-state index contributed by atoms with van der Waals surface area (Å²) in [6.07, 6.45) is -3.67. The predicted octanol–water partition coefficient (Wildman–Crippen LogP) is 5.13. The fraction of sp³-hybridized carbons (Fsp3) is 0.238. The Bertz CT molecular complexity index is 972. The third kappa shape index (κ3) is 5.35. The minimum absolute atomic E-state index is 0.137. The van der Waals surface area contributed by atoms with E-state index in [0.29, 0.717) is 17.2 Å². The predicted molar refractivity (Wildman–Crippen MR) is 112 cm³/mol. The van der Waals surface area contributed by atoms with Crippen molar-refractivity contribution in [2.45, 2.75) is 12.6 Å². The summed E-state index contributed by atoms with van der Waals surface area (Å²) < 4.78 is 48.0. The van der Waals surface area contributed by atoms with Gasteiger partial charge in [0.05, 0.1) is 26.3 Å². The van der Waals surface area contributed by atoms with Gasteiger partial charge in [-0.1, -0.05) is 30.0 Å². The van der Waals surface area contributed by atoms with Crippen LogP contribution in [0.1, 0.15) is 12.0 Å². The van der Waals surface area contributed by atoms with Crippen molar-refractivity contribution in [3.63, 3.8) is 0 Å². The van der Waals surface area contributed by atoms with Crippen LogP contribution in [-0.4, -0.2) is 37.2 Å². The molecule has 0 aromatic heterocycles. The Kier molecular flexibility index (Phi) is 6.71. The molecule has 0 atom stereocenters. The first-order valence-corrected chi connectivity index (χ1v) is 9.92. The number of anilines is 1. The lowest BCUT2D eigenvalue weighted by Gasteiger charge is -2.18. The third-order valence-electron chi connectivity index (χ3n) is 4.18. The first kappa shape index (κ1) is 21.8. The summed E-state index contributed by atoms with van der Waals surface area (Å²) in [5.41, 5.74) is 1.32. The monoisotopic (exact) mass is 436 g/mol. The highest BCUT2D eigenvalue weighted by molar-refractivity contribution is 8.14. The van der Waals surface area contributed by atoms with Crippen molar-refractivity contribution in [2.75, 3.05) is 24.9 Å². The van der Waals surface area contributed by atoms with Crippen LogP contribution in [0.3, 0.4) is 0 Å². The molecule has 9 heteroatoms. The summed E-state index contributed by atoms with van der Waals surface area (Å²) in [6.45, 7) is 0. The molecule has 0 bridgehead atoms. The van der Waals surface area contributed by atoms with Gasteiger partial charge in [-0.15, -0.1) is 0 Å². The van der Waals surface area contributed by atoms with Gasteiger partial charge in [0, 0.05) is 11.8 Å². The molecule has 3 rings (SSSR count). The van der Waals surface area contributed by atoms with Crippen LogP contribution in [0, 0.1) is 0 Å². The number of amidine groups is 1. The van der Waals surface area contributed by atoms with E-state index in [4.69, 9.17) is 9.47 Å². The van der Waals surface area contributed by atoms with E-state index < -0.39 is 18.5 Å². The molecule has 0 fully saturated rings. The largest absolute Gasteiger partial charge is 0.497 e. The zero-order valence-corrected chi connectivity index (χ0v) is 17.1. The van der Waals surface area contributed by atoms with Crippen molar-refractivity contribution >= 4 is 34.6 Å². The molecule has 0 N–H and O–H groups in total. The van der Waals surface area contributed by atoms with E-state index >= 15 is 0 Å². The van der Waals surface area contributed by atoms with Crippen LogP contribution >= 0.6 is 11.8 Å². The Balaban J connectivity index is 1.92. The number of carbonyl (C=O) groups is 1. The maximum Gasteiger partial charge on any atom is 0.389 e. The highest BCUT2D eigenvalue weighted by Crippen LogP contribution is 2.33. The van der Waals surface area contributed by atoms with E-state index in [-0.39, 0.29) is 16.6 Å². The molecule has 158 valence electrons. The summed E-state index contributed by atoms with van der Waals surface area (Å²) in [7, 11) is 3.04. The van der Waals surface area contributed by atoms with E-state index in [2.05, 4.69) is 4.99 Å². The smallest absolute Gasteiger partial charge is 0.389 e. The molecule has 2 aromatic rings. The fourth-order valence-electron chi connectivity index (χ4n) is 2.69. The normalized spacial score (nSPS) is 15.5. The van der Waals surface area contributed by atoms with E-state index in [1.165, 1.54) is 12.0 Å². The van der Waals surface area contributed by atoms with E-state index in [1.54, 1.807) is 61.7 Å². The second-order valence-corrected chi connectivity index (χ2v) is 7.31. The van der Waals surface area contributed by atoms with Crippen LogP contribution in [0.5, 0.6) is 11.5 Å². The number of hydrogen-bond acceptors (Lipinski definition) is 5. The highest BCUT2D eigenvalue weighted by atomic mass is 32.2. The number of nitrogens with zero attached hydrogens (tertiary/aromatic N) is 2. The third-order valence-corrected chi connectivity index (χ3v) is 5.12. The van der Waals surface area contributed by atoms with E-state index in [1.807, 2.05) is 0 Å². The molecule has 0 radical (unpaired) electrons. The number of aliphatic imine (C=N–C) groups is 1. The van der Waals surface area contributed by atoms with Gasteiger partial charge in [-0.05, 0) is 35.9 Å². The van der Waals surface area contributed by atoms with Crippen molar-refractivity contribution in [2.24, 2.45) is 4.99 Å². The summed E-state index contributed by atoms with van der Waals surface area (Å²) >= 11 is 0.885. The second kappa shape index (κ2) is 9.25. The molecular weight excluding hydrogens is 417 g/mol. The summed E-state index contributed by atoms with van der Waals surface area (Å²) in [5.74, 6) is 0.521. The van der Waals surface area contributed by atoms with Crippen LogP contribution in [0.25, 0.3) is 6.08 Å². The summed E-state index contributed by atoms with van der Waals surface area (Å²) in [4.78, 5) is 18.7. The van der Waals surface area contributed by atoms with Gasteiger partial charge < -0.3 is 9.47 Å². The van der Waals surface area contributed by atoms with Crippen LogP contribution in [0.2, 0.25) is 0 Å². The number of halogens is 3.